The van der Waals surface area contributed by atoms with Crippen LogP contribution in [0.3, 0.4) is 0 Å². The Hall–Kier alpha value is -0.930. The van der Waals surface area contributed by atoms with Crippen molar-refractivity contribution in [2.24, 2.45) is 17.1 Å². The largest absolute Gasteiger partial charge is 0.325 e. The van der Waals surface area contributed by atoms with Crippen LogP contribution in [0.25, 0.3) is 10.2 Å². The maximum absolute atomic E-state index is 6.69. The fourth-order valence-electron chi connectivity index (χ4n) is 3.53. The van der Waals surface area contributed by atoms with Crippen molar-refractivity contribution in [3.05, 3.63) is 29.3 Å². The Morgan fingerprint density at radius 2 is 1.90 bits per heavy atom. The first-order valence-corrected chi connectivity index (χ1v) is 8.81. The molecule has 0 amide bonds. The number of para-hydroxylation sites is 1. The molecule has 1 fully saturated rings. The van der Waals surface area contributed by atoms with Crippen LogP contribution in [0.1, 0.15) is 51.5 Å². The minimum absolute atomic E-state index is 0.0460. The lowest BCUT2D eigenvalue weighted by Gasteiger charge is -2.41. The molecular weight excluding hydrogens is 276 g/mol. The van der Waals surface area contributed by atoms with Gasteiger partial charge < -0.3 is 5.73 Å². The van der Waals surface area contributed by atoms with Gasteiger partial charge in [0.15, 0.2) is 0 Å². The number of aromatic nitrogens is 1. The molecule has 3 rings (SSSR count). The minimum atomic E-state index is -0.0460. The summed E-state index contributed by atoms with van der Waals surface area (Å²) in [4.78, 5) is 4.76. The van der Waals surface area contributed by atoms with Gasteiger partial charge in [-0.25, -0.2) is 4.98 Å². The van der Waals surface area contributed by atoms with Crippen molar-refractivity contribution in [1.29, 1.82) is 0 Å². The highest BCUT2D eigenvalue weighted by Crippen LogP contribution is 2.42. The molecule has 2 N–H and O–H groups in total. The number of nitrogens with zero attached hydrogens (tertiary/aromatic N) is 1. The summed E-state index contributed by atoms with van der Waals surface area (Å²) in [5.74, 6) is 0.810. The quantitative estimate of drug-likeness (QED) is 0.867. The number of hydrogen-bond acceptors (Lipinski definition) is 3. The molecule has 0 radical (unpaired) electrons. The van der Waals surface area contributed by atoms with E-state index in [0.717, 1.165) is 30.7 Å². The Kier molecular flexibility index (Phi) is 3.83. The third-order valence-corrected chi connectivity index (χ3v) is 6.08. The molecule has 0 aliphatic heterocycles. The highest BCUT2D eigenvalue weighted by molar-refractivity contribution is 7.18. The summed E-state index contributed by atoms with van der Waals surface area (Å²) < 4.78 is 1.28. The monoisotopic (exact) mass is 302 g/mol. The average molecular weight is 302 g/mol. The zero-order valence-electron chi connectivity index (χ0n) is 13.4. The van der Waals surface area contributed by atoms with E-state index in [1.807, 2.05) is 0 Å². The summed E-state index contributed by atoms with van der Waals surface area (Å²) >= 11 is 1.80. The van der Waals surface area contributed by atoms with E-state index in [1.165, 1.54) is 22.5 Å². The van der Waals surface area contributed by atoms with E-state index in [2.05, 4.69) is 45.0 Å². The Labute approximate surface area is 131 Å². The first kappa shape index (κ1) is 15.0. The Bertz CT molecular complexity index is 582. The Balaban J connectivity index is 1.70. The van der Waals surface area contributed by atoms with Gasteiger partial charge in [0.25, 0.3) is 0 Å². The standard InChI is InChI=1S/C18H26N2S/c1-17(2,3)13-8-10-18(19,11-9-13)12-16-20-14-6-4-5-7-15(14)21-16/h4-7,13H,8-12,19H2,1-3H3. The smallest absolute Gasteiger partial charge is 0.0956 e. The van der Waals surface area contributed by atoms with E-state index in [4.69, 9.17) is 10.7 Å². The van der Waals surface area contributed by atoms with Crippen LogP contribution in [0, 0.1) is 11.3 Å². The molecule has 1 aromatic heterocycles. The summed E-state index contributed by atoms with van der Waals surface area (Å²) in [5, 5.41) is 1.20. The molecule has 0 bridgehead atoms. The molecule has 114 valence electrons. The average Bonchev–Trinajstić information content (AvgIpc) is 2.79. The van der Waals surface area contributed by atoms with Gasteiger partial charge >= 0.3 is 0 Å². The van der Waals surface area contributed by atoms with Gasteiger partial charge in [-0.2, -0.15) is 0 Å². The molecule has 1 aliphatic carbocycles. The predicted octanol–water partition coefficient (Wildman–Crippen LogP) is 4.77. The Morgan fingerprint density at radius 3 is 2.52 bits per heavy atom. The molecular formula is C18H26N2S. The topological polar surface area (TPSA) is 38.9 Å². The molecule has 3 heteroatoms. The fraction of sp³-hybridized carbons (Fsp3) is 0.611. The van der Waals surface area contributed by atoms with Crippen LogP contribution in [-0.4, -0.2) is 10.5 Å². The van der Waals surface area contributed by atoms with Gasteiger partial charge in [0.1, 0.15) is 0 Å². The molecule has 1 aromatic carbocycles. The lowest BCUT2D eigenvalue weighted by molar-refractivity contribution is 0.134. The van der Waals surface area contributed by atoms with Crippen molar-refractivity contribution in [3.63, 3.8) is 0 Å². The van der Waals surface area contributed by atoms with Crippen molar-refractivity contribution in [1.82, 2.24) is 4.98 Å². The number of hydrogen-bond donors (Lipinski definition) is 1. The third-order valence-electron chi connectivity index (χ3n) is 5.05. The molecule has 1 saturated carbocycles. The van der Waals surface area contributed by atoms with Crippen molar-refractivity contribution < 1.29 is 0 Å². The summed E-state index contributed by atoms with van der Waals surface area (Å²) in [6.07, 6.45) is 5.70. The molecule has 0 saturated heterocycles. The van der Waals surface area contributed by atoms with E-state index in [-0.39, 0.29) is 5.54 Å². The normalized spacial score (nSPS) is 27.1. The maximum Gasteiger partial charge on any atom is 0.0956 e. The Morgan fingerprint density at radius 1 is 1.24 bits per heavy atom. The zero-order valence-corrected chi connectivity index (χ0v) is 14.2. The van der Waals surface area contributed by atoms with Crippen LogP contribution >= 0.6 is 11.3 Å². The first-order valence-electron chi connectivity index (χ1n) is 7.99. The van der Waals surface area contributed by atoms with Gasteiger partial charge in [0.05, 0.1) is 15.2 Å². The molecule has 21 heavy (non-hydrogen) atoms. The van der Waals surface area contributed by atoms with Crippen LogP contribution in [0.2, 0.25) is 0 Å². The number of benzene rings is 1. The number of rotatable bonds is 2. The lowest BCUT2D eigenvalue weighted by atomic mass is 9.67. The molecule has 0 atom stereocenters. The SMILES string of the molecule is CC(C)(C)C1CCC(N)(Cc2nc3ccccc3s2)CC1. The van der Waals surface area contributed by atoms with E-state index in [0.29, 0.717) is 5.41 Å². The summed E-state index contributed by atoms with van der Waals surface area (Å²) in [6, 6.07) is 8.38. The molecule has 2 aromatic rings. The summed E-state index contributed by atoms with van der Waals surface area (Å²) in [7, 11) is 0. The van der Waals surface area contributed by atoms with Crippen molar-refractivity contribution >= 4 is 21.6 Å². The van der Waals surface area contributed by atoms with E-state index < -0.39 is 0 Å². The van der Waals surface area contributed by atoms with Gasteiger partial charge in [-0.1, -0.05) is 32.9 Å². The molecule has 1 aliphatic rings. The molecule has 0 spiro atoms. The van der Waals surface area contributed by atoms with E-state index >= 15 is 0 Å². The van der Waals surface area contributed by atoms with Crippen LogP contribution in [-0.2, 0) is 6.42 Å². The van der Waals surface area contributed by atoms with Gasteiger partial charge in [-0.15, -0.1) is 11.3 Å². The number of nitrogens with two attached hydrogens (primary N) is 1. The van der Waals surface area contributed by atoms with Crippen molar-refractivity contribution in [3.8, 4) is 0 Å². The van der Waals surface area contributed by atoms with Gasteiger partial charge in [-0.05, 0) is 49.1 Å². The zero-order chi connectivity index (χ0) is 15.1. The molecule has 2 nitrogen and oxygen atoms in total. The van der Waals surface area contributed by atoms with E-state index in [9.17, 15) is 0 Å². The predicted molar refractivity (Wildman–Crippen MR) is 91.7 cm³/mol. The third kappa shape index (κ3) is 3.29. The van der Waals surface area contributed by atoms with Crippen LogP contribution in [0.4, 0.5) is 0 Å². The van der Waals surface area contributed by atoms with Gasteiger partial charge in [-0.3, -0.25) is 0 Å². The second-order valence-electron chi connectivity index (χ2n) is 7.75. The van der Waals surface area contributed by atoms with Crippen LogP contribution in [0.5, 0.6) is 0 Å². The minimum Gasteiger partial charge on any atom is -0.325 e. The van der Waals surface area contributed by atoms with Gasteiger partial charge in [0, 0.05) is 12.0 Å². The second kappa shape index (κ2) is 5.36. The summed E-state index contributed by atoms with van der Waals surface area (Å²) in [5.41, 5.74) is 8.17. The maximum atomic E-state index is 6.69. The van der Waals surface area contributed by atoms with Gasteiger partial charge in [0.2, 0.25) is 0 Å². The number of fused-ring (bicyclic) bond motifs is 1. The molecule has 0 unspecified atom stereocenters. The fourth-order valence-corrected chi connectivity index (χ4v) is 4.65. The summed E-state index contributed by atoms with van der Waals surface area (Å²) in [6.45, 7) is 7.07. The highest BCUT2D eigenvalue weighted by Gasteiger charge is 2.36. The van der Waals surface area contributed by atoms with Crippen LogP contribution < -0.4 is 5.73 Å². The number of thiazole rings is 1. The molecule has 1 heterocycles. The van der Waals surface area contributed by atoms with E-state index in [1.54, 1.807) is 11.3 Å². The lowest BCUT2D eigenvalue weighted by Crippen LogP contribution is -2.46. The highest BCUT2D eigenvalue weighted by atomic mass is 32.1. The van der Waals surface area contributed by atoms with Crippen molar-refractivity contribution in [2.45, 2.75) is 58.4 Å². The van der Waals surface area contributed by atoms with Crippen molar-refractivity contribution in [2.75, 3.05) is 0 Å². The first-order chi connectivity index (χ1) is 9.86. The second-order valence-corrected chi connectivity index (χ2v) is 8.87. The van der Waals surface area contributed by atoms with Crippen LogP contribution in [0.15, 0.2) is 24.3 Å².